The number of carbonyl (C=O) groups excluding carboxylic acids is 1. The molecule has 2 rings (SSSR count). The van der Waals surface area contributed by atoms with Crippen LogP contribution in [0.15, 0.2) is 53.4 Å². The smallest absolute Gasteiger partial charge is 0.233 e. The van der Waals surface area contributed by atoms with E-state index < -0.39 is 0 Å². The van der Waals surface area contributed by atoms with E-state index in [2.05, 4.69) is 5.32 Å². The number of nitrogens with one attached hydrogen (secondary N) is 1. The first kappa shape index (κ1) is 19.0. The number of carbonyl (C=O) groups is 1. The molecule has 134 valence electrons. The lowest BCUT2D eigenvalue weighted by Gasteiger charge is -2.13. The fourth-order valence-corrected chi connectivity index (χ4v) is 3.02. The first-order chi connectivity index (χ1) is 12.1. The van der Waals surface area contributed by atoms with Gasteiger partial charge in [-0.05, 0) is 43.3 Å². The summed E-state index contributed by atoms with van der Waals surface area (Å²) in [5, 5.41) is 2.69. The van der Waals surface area contributed by atoms with Crippen molar-refractivity contribution in [1.82, 2.24) is 5.32 Å². The molecule has 0 unspecified atom stereocenters. The van der Waals surface area contributed by atoms with E-state index >= 15 is 0 Å². The Hall–Kier alpha value is -2.34. The van der Waals surface area contributed by atoms with Gasteiger partial charge in [-0.2, -0.15) is 0 Å². The summed E-state index contributed by atoms with van der Waals surface area (Å²) < 4.78 is 16.0. The zero-order valence-corrected chi connectivity index (χ0v) is 15.5. The van der Waals surface area contributed by atoms with E-state index in [4.69, 9.17) is 14.2 Å². The van der Waals surface area contributed by atoms with E-state index in [0.717, 1.165) is 10.6 Å². The summed E-state index contributed by atoms with van der Waals surface area (Å²) in [5.74, 6) is 2.12. The average Bonchev–Trinajstić information content (AvgIpc) is 2.65. The van der Waals surface area contributed by atoms with Gasteiger partial charge in [-0.3, -0.25) is 4.79 Å². The van der Waals surface area contributed by atoms with Crippen LogP contribution in [-0.2, 0) is 4.79 Å². The van der Waals surface area contributed by atoms with Crippen LogP contribution in [0.25, 0.3) is 0 Å². The Balaban J connectivity index is 1.73. The van der Waals surface area contributed by atoms with Crippen molar-refractivity contribution >= 4 is 17.7 Å². The zero-order valence-electron chi connectivity index (χ0n) is 14.7. The van der Waals surface area contributed by atoms with Crippen LogP contribution >= 0.6 is 11.8 Å². The van der Waals surface area contributed by atoms with Crippen LogP contribution in [0.1, 0.15) is 6.92 Å². The van der Waals surface area contributed by atoms with Gasteiger partial charge in [-0.15, -0.1) is 11.8 Å². The van der Waals surface area contributed by atoms with Crippen molar-refractivity contribution in [3.63, 3.8) is 0 Å². The maximum Gasteiger partial charge on any atom is 0.233 e. The van der Waals surface area contributed by atoms with Gasteiger partial charge >= 0.3 is 0 Å². The highest BCUT2D eigenvalue weighted by Gasteiger charge is 2.14. The minimum absolute atomic E-state index is 0.0237. The molecule has 0 bridgehead atoms. The summed E-state index contributed by atoms with van der Waals surface area (Å²) in [5.41, 5.74) is 0. The van der Waals surface area contributed by atoms with E-state index in [1.807, 2.05) is 55.5 Å². The highest BCUT2D eigenvalue weighted by molar-refractivity contribution is 8.00. The molecule has 6 heteroatoms. The highest BCUT2D eigenvalue weighted by Crippen LogP contribution is 2.26. The van der Waals surface area contributed by atoms with Gasteiger partial charge in [0.25, 0.3) is 0 Å². The minimum atomic E-state index is -0.195. The topological polar surface area (TPSA) is 56.8 Å². The van der Waals surface area contributed by atoms with Crippen LogP contribution in [0.2, 0.25) is 0 Å². The molecule has 1 atom stereocenters. The molecular weight excluding hydrogens is 338 g/mol. The molecule has 0 aliphatic carbocycles. The van der Waals surface area contributed by atoms with Crippen LogP contribution in [0.4, 0.5) is 0 Å². The second-order valence-electron chi connectivity index (χ2n) is 5.23. The second kappa shape index (κ2) is 9.84. The molecule has 0 heterocycles. The largest absolute Gasteiger partial charge is 0.497 e. The predicted octanol–water partition coefficient (Wildman–Crippen LogP) is 3.38. The fourth-order valence-electron chi connectivity index (χ4n) is 2.13. The monoisotopic (exact) mass is 361 g/mol. The van der Waals surface area contributed by atoms with Gasteiger partial charge in [0.05, 0.1) is 26.0 Å². The molecule has 0 aliphatic rings. The molecule has 0 saturated carbocycles. The van der Waals surface area contributed by atoms with Crippen molar-refractivity contribution in [3.8, 4) is 17.2 Å². The third kappa shape index (κ3) is 5.90. The zero-order chi connectivity index (χ0) is 18.1. The third-order valence-electron chi connectivity index (χ3n) is 3.47. The molecule has 1 N–H and O–H groups in total. The molecule has 2 aromatic carbocycles. The van der Waals surface area contributed by atoms with Gasteiger partial charge in [0, 0.05) is 4.90 Å². The Morgan fingerprint density at radius 2 is 1.72 bits per heavy atom. The summed E-state index contributed by atoms with van der Waals surface area (Å²) in [6.45, 7) is 2.70. The molecule has 0 radical (unpaired) electrons. The molecule has 0 saturated heterocycles. The molecule has 1 amide bonds. The van der Waals surface area contributed by atoms with Crippen LogP contribution in [0.5, 0.6) is 17.2 Å². The summed E-state index contributed by atoms with van der Waals surface area (Å²) >= 11 is 1.50. The van der Waals surface area contributed by atoms with Crippen molar-refractivity contribution in [2.24, 2.45) is 0 Å². The molecule has 25 heavy (non-hydrogen) atoms. The van der Waals surface area contributed by atoms with Gasteiger partial charge in [0.15, 0.2) is 11.5 Å². The first-order valence-electron chi connectivity index (χ1n) is 7.98. The van der Waals surface area contributed by atoms with Crippen LogP contribution in [-0.4, -0.2) is 38.5 Å². The van der Waals surface area contributed by atoms with E-state index in [-0.39, 0.29) is 11.2 Å². The average molecular weight is 361 g/mol. The molecule has 0 aromatic heterocycles. The Morgan fingerprint density at radius 1 is 1.04 bits per heavy atom. The van der Waals surface area contributed by atoms with E-state index in [0.29, 0.717) is 24.7 Å². The quantitative estimate of drug-likeness (QED) is 0.548. The number of hydrogen-bond donors (Lipinski definition) is 1. The molecule has 0 fully saturated rings. The lowest BCUT2D eigenvalue weighted by Crippen LogP contribution is -2.33. The number of rotatable bonds is 9. The number of amides is 1. The number of hydrogen-bond acceptors (Lipinski definition) is 5. The lowest BCUT2D eigenvalue weighted by atomic mass is 10.3. The Bertz CT molecular complexity index is 675. The highest BCUT2D eigenvalue weighted by atomic mass is 32.2. The molecular formula is C19H23NO4S. The normalized spacial score (nSPS) is 11.5. The number of ether oxygens (including phenoxy) is 3. The van der Waals surface area contributed by atoms with E-state index in [1.165, 1.54) is 11.8 Å². The Morgan fingerprint density at radius 3 is 2.36 bits per heavy atom. The van der Waals surface area contributed by atoms with Crippen LogP contribution in [0, 0.1) is 0 Å². The lowest BCUT2D eigenvalue weighted by molar-refractivity contribution is -0.120. The molecule has 2 aromatic rings. The minimum Gasteiger partial charge on any atom is -0.497 e. The number of para-hydroxylation sites is 2. The first-order valence-corrected chi connectivity index (χ1v) is 8.86. The number of methoxy groups -OCH3 is 2. The summed E-state index contributed by atoms with van der Waals surface area (Å²) in [6, 6.07) is 15.1. The van der Waals surface area contributed by atoms with Gasteiger partial charge in [-0.1, -0.05) is 12.1 Å². The SMILES string of the molecule is COc1ccc(S[C@@H](C)C(=O)NCCOc2ccccc2OC)cc1. The fraction of sp³-hybridized carbons (Fsp3) is 0.316. The van der Waals surface area contributed by atoms with Crippen LogP contribution < -0.4 is 19.5 Å². The predicted molar refractivity (Wildman–Crippen MR) is 99.8 cm³/mol. The van der Waals surface area contributed by atoms with Crippen molar-refractivity contribution in [2.75, 3.05) is 27.4 Å². The van der Waals surface area contributed by atoms with Crippen molar-refractivity contribution in [2.45, 2.75) is 17.1 Å². The molecule has 0 spiro atoms. The number of thioether (sulfide) groups is 1. The standard InChI is InChI=1S/C19H23NO4S/c1-14(25-16-10-8-15(22-2)9-11-16)19(21)20-12-13-24-18-7-5-4-6-17(18)23-3/h4-11,14H,12-13H2,1-3H3,(H,20,21)/t14-/m0/s1. The third-order valence-corrected chi connectivity index (χ3v) is 4.58. The number of benzene rings is 2. The Kier molecular flexibility index (Phi) is 7.47. The van der Waals surface area contributed by atoms with Gasteiger partial charge in [0.1, 0.15) is 12.4 Å². The van der Waals surface area contributed by atoms with Crippen molar-refractivity contribution < 1.29 is 19.0 Å². The summed E-state index contributed by atoms with van der Waals surface area (Å²) in [7, 11) is 3.23. The van der Waals surface area contributed by atoms with Gasteiger partial charge in [-0.25, -0.2) is 0 Å². The maximum atomic E-state index is 12.2. The van der Waals surface area contributed by atoms with E-state index in [9.17, 15) is 4.79 Å². The van der Waals surface area contributed by atoms with Crippen LogP contribution in [0.3, 0.4) is 0 Å². The van der Waals surface area contributed by atoms with Gasteiger partial charge in [0.2, 0.25) is 5.91 Å². The van der Waals surface area contributed by atoms with Crippen molar-refractivity contribution in [1.29, 1.82) is 0 Å². The molecule has 0 aliphatic heterocycles. The van der Waals surface area contributed by atoms with Crippen molar-refractivity contribution in [3.05, 3.63) is 48.5 Å². The second-order valence-corrected chi connectivity index (χ2v) is 6.64. The summed E-state index contributed by atoms with van der Waals surface area (Å²) in [6.07, 6.45) is 0. The Labute approximate surface area is 152 Å². The molecule has 5 nitrogen and oxygen atoms in total. The van der Waals surface area contributed by atoms with Gasteiger partial charge < -0.3 is 19.5 Å². The maximum absolute atomic E-state index is 12.2. The summed E-state index contributed by atoms with van der Waals surface area (Å²) in [4.78, 5) is 13.2. The van der Waals surface area contributed by atoms with E-state index in [1.54, 1.807) is 14.2 Å².